The first kappa shape index (κ1) is 23.7. The Labute approximate surface area is 206 Å². The van der Waals surface area contributed by atoms with E-state index in [1.807, 2.05) is 19.1 Å². The third-order valence-corrected chi connectivity index (χ3v) is 7.38. The van der Waals surface area contributed by atoms with E-state index in [0.29, 0.717) is 30.3 Å². The lowest BCUT2D eigenvalue weighted by atomic mass is 9.97. The molecular formula is C28H34N2O5. The summed E-state index contributed by atoms with van der Waals surface area (Å²) in [5, 5.41) is 5.39. The number of ether oxygens (including phenoxy) is 3. The Hall–Kier alpha value is -3.06. The summed E-state index contributed by atoms with van der Waals surface area (Å²) in [6, 6.07) is 12.2. The number of allylic oxidation sites excluding steroid dienone is 1. The molecular weight excluding hydrogens is 444 g/mol. The number of hydrogen-bond donors (Lipinski definition) is 1. The average molecular weight is 479 g/mol. The van der Waals surface area contributed by atoms with Gasteiger partial charge in [-0.05, 0) is 80.3 Å². The first-order valence-corrected chi connectivity index (χ1v) is 12.6. The van der Waals surface area contributed by atoms with Crippen molar-refractivity contribution in [3.05, 3.63) is 53.2 Å². The second-order valence-electron chi connectivity index (χ2n) is 9.80. The number of nitrogens with zero attached hydrogens (tertiary/aromatic N) is 1. The summed E-state index contributed by atoms with van der Waals surface area (Å²) >= 11 is 0. The minimum absolute atomic E-state index is 0.0636. The van der Waals surface area contributed by atoms with Gasteiger partial charge in [-0.3, -0.25) is 4.90 Å². The highest BCUT2D eigenvalue weighted by atomic mass is 16.5. The quantitative estimate of drug-likeness (QED) is 0.562. The Bertz CT molecular complexity index is 1160. The van der Waals surface area contributed by atoms with E-state index in [2.05, 4.69) is 29.6 Å². The number of rotatable bonds is 8. The van der Waals surface area contributed by atoms with E-state index < -0.39 is 0 Å². The van der Waals surface area contributed by atoms with Crippen LogP contribution in [-0.2, 0) is 20.7 Å². The maximum absolute atomic E-state index is 13.0. The van der Waals surface area contributed by atoms with Crippen molar-refractivity contribution >= 4 is 22.8 Å². The van der Waals surface area contributed by atoms with Crippen LogP contribution in [0.5, 0.6) is 5.75 Å². The third kappa shape index (κ3) is 5.01. The van der Waals surface area contributed by atoms with Crippen molar-refractivity contribution in [3.63, 3.8) is 0 Å². The largest absolute Gasteiger partial charge is 0.497 e. The van der Waals surface area contributed by atoms with Crippen LogP contribution >= 0.6 is 0 Å². The molecule has 3 aliphatic rings. The number of methoxy groups -OCH3 is 1. The molecule has 1 saturated heterocycles. The van der Waals surface area contributed by atoms with Crippen LogP contribution in [0.15, 0.2) is 47.7 Å². The topological polar surface area (TPSA) is 77.1 Å². The Kier molecular flexibility index (Phi) is 6.69. The standard InChI is InChI=1S/C28H34N2O5/c1-4-34-27(31)25-17(2)30(28(32)29-26(25)19-7-8-19)16-24-12-11-23(35-24)14-18-5-6-21-15-22(33-3)10-9-20(21)13-18/h5-6,9-10,13,15,19,23-24,26H,4,7-8,11-12,14,16H2,1-3H3,(H,29,32)/t23-,24-,26?/m0/s1. The van der Waals surface area contributed by atoms with Crippen LogP contribution in [0, 0.1) is 5.92 Å². The summed E-state index contributed by atoms with van der Waals surface area (Å²) < 4.78 is 17.0. The van der Waals surface area contributed by atoms with Gasteiger partial charge in [0, 0.05) is 5.70 Å². The molecule has 5 rings (SSSR count). The van der Waals surface area contributed by atoms with Gasteiger partial charge in [0.05, 0.1) is 44.1 Å². The van der Waals surface area contributed by atoms with Crippen LogP contribution in [0.1, 0.15) is 45.1 Å². The summed E-state index contributed by atoms with van der Waals surface area (Å²) in [6.45, 7) is 4.41. The van der Waals surface area contributed by atoms with Gasteiger partial charge in [0.25, 0.3) is 0 Å². The van der Waals surface area contributed by atoms with Gasteiger partial charge >= 0.3 is 12.0 Å². The fourth-order valence-electron chi connectivity index (χ4n) is 5.35. The number of urea groups is 1. The number of nitrogens with one attached hydrogen (secondary N) is 1. The van der Waals surface area contributed by atoms with Gasteiger partial charge < -0.3 is 19.5 Å². The van der Waals surface area contributed by atoms with Crippen LogP contribution in [-0.4, -0.2) is 55.4 Å². The maximum atomic E-state index is 13.0. The predicted molar refractivity (Wildman–Crippen MR) is 133 cm³/mol. The lowest BCUT2D eigenvalue weighted by Gasteiger charge is -2.36. The van der Waals surface area contributed by atoms with Crippen molar-refractivity contribution in [2.75, 3.05) is 20.3 Å². The molecule has 1 saturated carbocycles. The van der Waals surface area contributed by atoms with Crippen molar-refractivity contribution in [3.8, 4) is 5.75 Å². The second-order valence-corrected chi connectivity index (χ2v) is 9.80. The Morgan fingerprint density at radius 2 is 1.83 bits per heavy atom. The zero-order valence-electron chi connectivity index (χ0n) is 20.7. The predicted octanol–water partition coefficient (Wildman–Crippen LogP) is 4.58. The SMILES string of the molecule is CCOC(=O)C1=C(C)N(C[C@@H]2CC[C@@H](Cc3ccc4cc(OC)ccc4c3)O2)C(=O)NC1C1CC1. The number of fused-ring (bicyclic) bond motifs is 1. The molecule has 2 aromatic carbocycles. The lowest BCUT2D eigenvalue weighted by molar-refractivity contribution is -0.139. The zero-order valence-corrected chi connectivity index (χ0v) is 20.7. The Balaban J connectivity index is 1.25. The molecule has 1 N–H and O–H groups in total. The molecule has 0 spiro atoms. The van der Waals surface area contributed by atoms with Gasteiger partial charge in [0.15, 0.2) is 0 Å². The smallest absolute Gasteiger partial charge is 0.337 e. The molecule has 0 bridgehead atoms. The summed E-state index contributed by atoms with van der Waals surface area (Å²) in [5.74, 6) is 0.851. The molecule has 1 aliphatic carbocycles. The van der Waals surface area contributed by atoms with Crippen molar-refractivity contribution in [1.29, 1.82) is 0 Å². The molecule has 2 amide bonds. The van der Waals surface area contributed by atoms with Gasteiger partial charge in [-0.15, -0.1) is 0 Å². The normalized spacial score (nSPS) is 24.6. The van der Waals surface area contributed by atoms with Crippen LogP contribution in [0.4, 0.5) is 4.79 Å². The Morgan fingerprint density at radius 3 is 2.57 bits per heavy atom. The van der Waals surface area contributed by atoms with Gasteiger partial charge in [0.2, 0.25) is 0 Å². The Morgan fingerprint density at radius 1 is 1.09 bits per heavy atom. The first-order valence-electron chi connectivity index (χ1n) is 12.6. The van der Waals surface area contributed by atoms with Crippen LogP contribution in [0.3, 0.4) is 0 Å². The molecule has 0 radical (unpaired) electrons. The molecule has 7 nitrogen and oxygen atoms in total. The van der Waals surface area contributed by atoms with Crippen molar-refractivity contribution in [2.24, 2.45) is 5.92 Å². The summed E-state index contributed by atoms with van der Waals surface area (Å²) in [6.07, 6.45) is 4.75. The molecule has 0 aromatic heterocycles. The van der Waals surface area contributed by atoms with Crippen molar-refractivity contribution in [1.82, 2.24) is 10.2 Å². The van der Waals surface area contributed by atoms with Crippen LogP contribution in [0.25, 0.3) is 10.8 Å². The van der Waals surface area contributed by atoms with E-state index in [-0.39, 0.29) is 30.3 Å². The van der Waals surface area contributed by atoms with Crippen LogP contribution in [0.2, 0.25) is 0 Å². The molecule has 2 fully saturated rings. The molecule has 35 heavy (non-hydrogen) atoms. The van der Waals surface area contributed by atoms with Crippen LogP contribution < -0.4 is 10.1 Å². The van der Waals surface area contributed by atoms with Gasteiger partial charge in [-0.2, -0.15) is 0 Å². The number of esters is 1. The molecule has 3 atom stereocenters. The highest BCUT2D eigenvalue weighted by molar-refractivity contribution is 5.95. The van der Waals surface area contributed by atoms with E-state index in [4.69, 9.17) is 14.2 Å². The molecule has 2 aromatic rings. The molecule has 2 heterocycles. The van der Waals surface area contributed by atoms with E-state index in [1.54, 1.807) is 18.9 Å². The summed E-state index contributed by atoms with van der Waals surface area (Å²) in [4.78, 5) is 27.4. The van der Waals surface area contributed by atoms with E-state index in [1.165, 1.54) is 10.9 Å². The number of benzene rings is 2. The van der Waals surface area contributed by atoms with Gasteiger partial charge in [0.1, 0.15) is 5.75 Å². The first-order chi connectivity index (χ1) is 17.0. The molecule has 2 aliphatic heterocycles. The van der Waals surface area contributed by atoms with Gasteiger partial charge in [-0.25, -0.2) is 9.59 Å². The summed E-state index contributed by atoms with van der Waals surface area (Å²) in [5.41, 5.74) is 2.52. The van der Waals surface area contributed by atoms with E-state index in [0.717, 1.165) is 43.2 Å². The zero-order chi connectivity index (χ0) is 24.5. The number of carbonyl (C=O) groups is 2. The highest BCUT2D eigenvalue weighted by Crippen LogP contribution is 2.39. The minimum Gasteiger partial charge on any atom is -0.497 e. The average Bonchev–Trinajstić information content (AvgIpc) is 3.61. The number of hydrogen-bond acceptors (Lipinski definition) is 5. The van der Waals surface area contributed by atoms with Crippen molar-refractivity contribution in [2.45, 2.75) is 64.2 Å². The fourth-order valence-corrected chi connectivity index (χ4v) is 5.35. The summed E-state index contributed by atoms with van der Waals surface area (Å²) in [7, 11) is 1.68. The number of amides is 2. The lowest BCUT2D eigenvalue weighted by Crippen LogP contribution is -2.54. The third-order valence-electron chi connectivity index (χ3n) is 7.38. The van der Waals surface area contributed by atoms with Crippen molar-refractivity contribution < 1.29 is 23.8 Å². The highest BCUT2D eigenvalue weighted by Gasteiger charge is 2.44. The molecule has 1 unspecified atom stereocenters. The fraction of sp³-hybridized carbons (Fsp3) is 0.500. The maximum Gasteiger partial charge on any atom is 0.337 e. The van der Waals surface area contributed by atoms with Gasteiger partial charge in [-0.1, -0.05) is 24.3 Å². The monoisotopic (exact) mass is 478 g/mol. The molecule has 186 valence electrons. The second kappa shape index (κ2) is 9.90. The van der Waals surface area contributed by atoms with E-state index >= 15 is 0 Å². The van der Waals surface area contributed by atoms with E-state index in [9.17, 15) is 9.59 Å². The number of carbonyl (C=O) groups excluding carboxylic acids is 2. The minimum atomic E-state index is -0.328. The molecule has 7 heteroatoms.